The Bertz CT molecular complexity index is 1170. The number of ketones is 1. The second-order valence-corrected chi connectivity index (χ2v) is 15.4. The van der Waals surface area contributed by atoms with Crippen LogP contribution in [0.5, 0.6) is 0 Å². The van der Waals surface area contributed by atoms with Gasteiger partial charge in [0.1, 0.15) is 48.4 Å². The number of rotatable bonds is 18. The number of aliphatic hydroxyl groups is 5. The van der Waals surface area contributed by atoms with E-state index in [1.807, 2.05) is 6.92 Å². The predicted octanol–water partition coefficient (Wildman–Crippen LogP) is -3.83. The van der Waals surface area contributed by atoms with Gasteiger partial charge in [0.2, 0.25) is 5.91 Å². The largest absolute Gasteiger partial charge is 1.00 e. The van der Waals surface area contributed by atoms with Crippen molar-refractivity contribution in [2.45, 2.75) is 184 Å². The fraction of sp³-hybridized carbons (Fsp3) is 0.919. The number of aliphatic hydroxyl groups excluding tert-OH is 5. The number of amides is 1. The number of nitrogens with two attached hydrogens (primary N) is 1. The van der Waals surface area contributed by atoms with Crippen LogP contribution >= 0.6 is 0 Å². The van der Waals surface area contributed by atoms with Crippen LogP contribution in [-0.2, 0) is 38.1 Å². The smallest absolute Gasteiger partial charge is 0.547 e. The second-order valence-electron chi connectivity index (χ2n) is 15.4. The zero-order chi connectivity index (χ0) is 38.8. The van der Waals surface area contributed by atoms with Gasteiger partial charge in [0, 0.05) is 19.3 Å². The van der Waals surface area contributed by atoms with E-state index in [0.717, 1.165) is 44.9 Å². The van der Waals surface area contributed by atoms with Crippen molar-refractivity contribution in [1.29, 1.82) is 0 Å². The van der Waals surface area contributed by atoms with Crippen molar-refractivity contribution < 1.29 is 98.3 Å². The Kier molecular flexibility index (Phi) is 20.2. The molecule has 1 amide bonds. The third-order valence-electron chi connectivity index (χ3n) is 11.5. The van der Waals surface area contributed by atoms with Crippen LogP contribution in [0.4, 0.5) is 0 Å². The summed E-state index contributed by atoms with van der Waals surface area (Å²) in [6.45, 7) is 4.51. The van der Waals surface area contributed by atoms with E-state index in [4.69, 9.17) is 29.4 Å². The van der Waals surface area contributed by atoms with E-state index < -0.39 is 104 Å². The fourth-order valence-electron chi connectivity index (χ4n) is 8.44. The minimum absolute atomic E-state index is 0. The average Bonchev–Trinajstić information content (AvgIpc) is 3.13. The first-order valence-corrected chi connectivity index (χ1v) is 19.6. The van der Waals surface area contributed by atoms with Crippen molar-refractivity contribution in [3.63, 3.8) is 0 Å². The molecule has 4 aliphatic rings. The van der Waals surface area contributed by atoms with Gasteiger partial charge in [0.25, 0.3) is 0 Å². The molecule has 2 aliphatic carbocycles. The Morgan fingerprint density at radius 3 is 2.22 bits per heavy atom. The number of Topliss-reactive ketones (excluding diaryl/α,β-unsaturated/α-hetero) is 1. The SMILES string of the molecule is CCC1CC(C(=O)CCCCCN)C[C@@H](O[C@@H]2O[C@@H](CO)[C@H](O)C(O[C@@H](CC3CCCCC3)C(=O)[O-])C2NC(C)=O)[C@@H]1O[C@@H]1OC(C)[C@@H](O)[C@H](O)C1O.[Na+]. The minimum Gasteiger partial charge on any atom is -0.547 e. The molecule has 0 aromatic rings. The van der Waals surface area contributed by atoms with Gasteiger partial charge >= 0.3 is 29.6 Å². The summed E-state index contributed by atoms with van der Waals surface area (Å²) in [4.78, 5) is 38.6. The molecular weight excluding hydrogens is 719 g/mol. The van der Waals surface area contributed by atoms with E-state index in [1.165, 1.54) is 13.8 Å². The Labute approximate surface area is 340 Å². The predicted molar refractivity (Wildman–Crippen MR) is 185 cm³/mol. The zero-order valence-corrected chi connectivity index (χ0v) is 34.3. The quantitative estimate of drug-likeness (QED) is 0.0519. The van der Waals surface area contributed by atoms with Crippen molar-refractivity contribution in [2.24, 2.45) is 23.5 Å². The maximum atomic E-state index is 13.6. The van der Waals surface area contributed by atoms with Crippen molar-refractivity contribution in [2.75, 3.05) is 13.2 Å². The molecule has 0 aromatic carbocycles. The maximum absolute atomic E-state index is 13.6. The van der Waals surface area contributed by atoms with Gasteiger partial charge in [-0.15, -0.1) is 0 Å². The second kappa shape index (κ2) is 22.9. The van der Waals surface area contributed by atoms with E-state index in [0.29, 0.717) is 32.2 Å². The summed E-state index contributed by atoms with van der Waals surface area (Å²) in [5, 5.41) is 68.4. The van der Waals surface area contributed by atoms with E-state index >= 15 is 0 Å². The van der Waals surface area contributed by atoms with Crippen LogP contribution in [0.1, 0.15) is 104 Å². The summed E-state index contributed by atoms with van der Waals surface area (Å²) in [7, 11) is 0. The molecule has 17 heteroatoms. The topological polar surface area (TPSA) is 260 Å². The summed E-state index contributed by atoms with van der Waals surface area (Å²) in [5.74, 6) is -2.71. The summed E-state index contributed by atoms with van der Waals surface area (Å²) in [6, 6.07) is -1.28. The van der Waals surface area contributed by atoms with Crippen molar-refractivity contribution in [1.82, 2.24) is 5.32 Å². The van der Waals surface area contributed by atoms with Crippen LogP contribution in [0.15, 0.2) is 0 Å². The number of carbonyl (C=O) groups excluding carboxylic acids is 3. The molecule has 15 atom stereocenters. The van der Waals surface area contributed by atoms with E-state index in [2.05, 4.69) is 5.32 Å². The number of hydrogen-bond acceptors (Lipinski definition) is 15. The Morgan fingerprint density at radius 1 is 0.907 bits per heavy atom. The molecule has 2 saturated heterocycles. The Morgan fingerprint density at radius 2 is 1.61 bits per heavy atom. The molecule has 6 unspecified atom stereocenters. The monoisotopic (exact) mass is 782 g/mol. The summed E-state index contributed by atoms with van der Waals surface area (Å²) in [5.41, 5.74) is 5.64. The molecule has 4 fully saturated rings. The normalized spacial score (nSPS) is 38.2. The van der Waals surface area contributed by atoms with Crippen molar-refractivity contribution in [3.8, 4) is 0 Å². The van der Waals surface area contributed by atoms with Gasteiger partial charge < -0.3 is 70.2 Å². The van der Waals surface area contributed by atoms with Crippen LogP contribution in [0.3, 0.4) is 0 Å². The van der Waals surface area contributed by atoms with Gasteiger partial charge in [-0.3, -0.25) is 9.59 Å². The zero-order valence-electron chi connectivity index (χ0n) is 32.3. The number of nitrogens with one attached hydrogen (secondary N) is 1. The molecular formula is C37H63N2NaO14. The number of unbranched alkanes of at least 4 members (excludes halogenated alkanes) is 2. The van der Waals surface area contributed by atoms with Gasteiger partial charge in [0.15, 0.2) is 12.6 Å². The summed E-state index contributed by atoms with van der Waals surface area (Å²) >= 11 is 0. The molecule has 0 radical (unpaired) electrons. The third-order valence-corrected chi connectivity index (χ3v) is 11.5. The number of carbonyl (C=O) groups is 3. The number of hydrogen-bond donors (Lipinski definition) is 7. The third kappa shape index (κ3) is 12.6. The van der Waals surface area contributed by atoms with Gasteiger partial charge in [-0.2, -0.15) is 0 Å². The summed E-state index contributed by atoms with van der Waals surface area (Å²) in [6.07, 6.45) is -7.31. The molecule has 306 valence electrons. The first kappa shape index (κ1) is 47.5. The van der Waals surface area contributed by atoms with E-state index in [1.54, 1.807) is 0 Å². The average molecular weight is 783 g/mol. The number of carboxylic acids is 1. The number of ether oxygens (including phenoxy) is 5. The van der Waals surface area contributed by atoms with Gasteiger partial charge in [-0.25, -0.2) is 0 Å². The standard InChI is InChI=1S/C37H64N2O14.Na/c1-4-22-16-23(24(42)13-9-6-10-14-38)17-25(33(22)53-37-32(46)31(45)29(43)19(2)49-37)51-36-28(39-20(3)41)34(30(44)27(18-40)52-36)50-26(35(47)48)15-21-11-7-5-8-12-21;/h19,21-23,25-34,36-37,40,43-46H,4-18,38H2,1-3H3,(H,39,41)(H,47,48);/q;+1/p-1/t19?,22?,23?,25-,26+,27+,28?,29-,30+,31+,32?,33-,34?,36-,37+;/m1./s1. The van der Waals surface area contributed by atoms with E-state index in [9.17, 15) is 45.0 Å². The molecule has 54 heavy (non-hydrogen) atoms. The van der Waals surface area contributed by atoms with Crippen LogP contribution < -0.4 is 45.7 Å². The minimum atomic E-state index is -1.61. The van der Waals surface area contributed by atoms with Crippen LogP contribution in [-0.4, -0.2) is 136 Å². The number of carboxylic acid groups (broad SMARTS) is 1. The van der Waals surface area contributed by atoms with Crippen molar-refractivity contribution >= 4 is 17.7 Å². The molecule has 16 nitrogen and oxygen atoms in total. The van der Waals surface area contributed by atoms with Gasteiger partial charge in [0.05, 0.1) is 37.0 Å². The first-order valence-electron chi connectivity index (χ1n) is 19.6. The summed E-state index contributed by atoms with van der Waals surface area (Å²) < 4.78 is 30.9. The molecule has 4 rings (SSSR count). The molecule has 2 saturated carbocycles. The van der Waals surface area contributed by atoms with Gasteiger partial charge in [-0.1, -0.05) is 51.9 Å². The van der Waals surface area contributed by atoms with Gasteiger partial charge in [-0.05, 0) is 57.4 Å². The van der Waals surface area contributed by atoms with Crippen molar-refractivity contribution in [3.05, 3.63) is 0 Å². The molecule has 0 spiro atoms. The Balaban J connectivity index is 0.00000784. The molecule has 0 bridgehead atoms. The van der Waals surface area contributed by atoms with Crippen LogP contribution in [0.2, 0.25) is 0 Å². The first-order chi connectivity index (χ1) is 25.3. The fourth-order valence-corrected chi connectivity index (χ4v) is 8.44. The molecule has 2 aliphatic heterocycles. The molecule has 8 N–H and O–H groups in total. The Hall–Kier alpha value is -0.830. The molecule has 2 heterocycles. The maximum Gasteiger partial charge on any atom is 1.00 e. The molecule has 0 aromatic heterocycles. The van der Waals surface area contributed by atoms with Crippen LogP contribution in [0, 0.1) is 17.8 Å². The van der Waals surface area contributed by atoms with Crippen LogP contribution in [0.25, 0.3) is 0 Å². The number of aliphatic carboxylic acids is 1. The van der Waals surface area contributed by atoms with E-state index in [-0.39, 0.29) is 60.0 Å².